The van der Waals surface area contributed by atoms with Crippen LogP contribution in [0.25, 0.3) is 0 Å². The third-order valence-electron chi connectivity index (χ3n) is 2.70. The van der Waals surface area contributed by atoms with Crippen LogP contribution in [0.2, 0.25) is 0 Å². The number of hydrogen-bond acceptors (Lipinski definition) is 4. The average molecular weight is 272 g/mol. The lowest BCUT2D eigenvalue weighted by Crippen LogP contribution is -2.23. The van der Waals surface area contributed by atoms with Gasteiger partial charge in [0.05, 0.1) is 28.1 Å². The van der Waals surface area contributed by atoms with Gasteiger partial charge >= 0.3 is 0 Å². The van der Waals surface area contributed by atoms with Crippen molar-refractivity contribution in [1.29, 1.82) is 0 Å². The molecule has 1 atom stereocenters. The van der Waals surface area contributed by atoms with Gasteiger partial charge in [0.1, 0.15) is 0 Å². The number of nitrogens with zero attached hydrogens (tertiary/aromatic N) is 2. The van der Waals surface area contributed by atoms with Crippen LogP contribution in [0.5, 0.6) is 0 Å². The molecule has 1 aliphatic heterocycles. The quantitative estimate of drug-likeness (QED) is 0.889. The second-order valence-electron chi connectivity index (χ2n) is 3.65. The molecule has 0 amide bonds. The molecule has 0 radical (unpaired) electrons. The molecule has 1 unspecified atom stereocenters. The molecule has 0 aliphatic carbocycles. The van der Waals surface area contributed by atoms with Crippen molar-refractivity contribution in [2.75, 3.05) is 30.8 Å². The summed E-state index contributed by atoms with van der Waals surface area (Å²) in [5.74, 6) is 0. The van der Waals surface area contributed by atoms with Gasteiger partial charge in [-0.15, -0.1) is 0 Å². The number of rotatable bonds is 2. The first-order valence-corrected chi connectivity index (χ1v) is 5.68. The van der Waals surface area contributed by atoms with E-state index in [0.29, 0.717) is 11.8 Å². The zero-order chi connectivity index (χ0) is 10.8. The van der Waals surface area contributed by atoms with E-state index in [1.54, 1.807) is 19.5 Å². The van der Waals surface area contributed by atoms with Crippen molar-refractivity contribution in [3.63, 3.8) is 0 Å². The van der Waals surface area contributed by atoms with Gasteiger partial charge in [-0.2, -0.15) is 0 Å². The van der Waals surface area contributed by atoms with Crippen LogP contribution in [-0.4, -0.2) is 31.3 Å². The fraction of sp³-hybridized carbons (Fsp3) is 0.500. The third-order valence-corrected chi connectivity index (χ3v) is 3.28. The minimum Gasteiger partial charge on any atom is -0.396 e. The van der Waals surface area contributed by atoms with E-state index < -0.39 is 0 Å². The van der Waals surface area contributed by atoms with Gasteiger partial charge in [-0.05, 0) is 22.4 Å². The fourth-order valence-electron chi connectivity index (χ4n) is 1.90. The van der Waals surface area contributed by atoms with Crippen molar-refractivity contribution in [2.24, 2.45) is 0 Å². The minimum absolute atomic E-state index is 0.310. The number of anilines is 2. The summed E-state index contributed by atoms with van der Waals surface area (Å²) in [6.07, 6.45) is 4.81. The molecule has 0 spiro atoms. The third kappa shape index (κ3) is 2.08. The molecule has 5 heteroatoms. The van der Waals surface area contributed by atoms with Crippen LogP contribution in [0.3, 0.4) is 0 Å². The van der Waals surface area contributed by atoms with Crippen LogP contribution in [0, 0.1) is 0 Å². The van der Waals surface area contributed by atoms with E-state index in [9.17, 15) is 0 Å². The maximum absolute atomic E-state index is 5.91. The van der Waals surface area contributed by atoms with Gasteiger partial charge in [-0.3, -0.25) is 4.98 Å². The molecule has 0 aromatic carbocycles. The summed E-state index contributed by atoms with van der Waals surface area (Å²) in [7, 11) is 1.75. The van der Waals surface area contributed by atoms with Crippen molar-refractivity contribution in [2.45, 2.75) is 12.5 Å². The number of hydrogen-bond donors (Lipinski definition) is 1. The van der Waals surface area contributed by atoms with E-state index in [0.717, 1.165) is 29.7 Å². The molecule has 15 heavy (non-hydrogen) atoms. The van der Waals surface area contributed by atoms with Gasteiger partial charge in [0.2, 0.25) is 0 Å². The Kier molecular flexibility index (Phi) is 3.11. The van der Waals surface area contributed by atoms with E-state index >= 15 is 0 Å². The van der Waals surface area contributed by atoms with Crippen molar-refractivity contribution in [3.05, 3.63) is 16.9 Å². The number of ether oxygens (including phenoxy) is 1. The predicted molar refractivity (Wildman–Crippen MR) is 64.0 cm³/mol. The van der Waals surface area contributed by atoms with Gasteiger partial charge in [-0.25, -0.2) is 0 Å². The Labute approximate surface area is 97.6 Å². The molecule has 2 rings (SSSR count). The Morgan fingerprint density at radius 1 is 1.60 bits per heavy atom. The normalized spacial score (nSPS) is 20.9. The first-order chi connectivity index (χ1) is 7.22. The van der Waals surface area contributed by atoms with Crippen molar-refractivity contribution >= 4 is 27.3 Å². The van der Waals surface area contributed by atoms with Gasteiger partial charge in [0.15, 0.2) is 0 Å². The summed E-state index contributed by atoms with van der Waals surface area (Å²) in [5, 5.41) is 0. The van der Waals surface area contributed by atoms with Gasteiger partial charge in [0.25, 0.3) is 0 Å². The number of aromatic nitrogens is 1. The summed E-state index contributed by atoms with van der Waals surface area (Å²) in [4.78, 5) is 6.26. The Hall–Kier alpha value is -0.810. The molecule has 1 aliphatic rings. The first-order valence-electron chi connectivity index (χ1n) is 4.89. The summed E-state index contributed by atoms with van der Waals surface area (Å²) in [6, 6.07) is 0. The topological polar surface area (TPSA) is 51.4 Å². The Morgan fingerprint density at radius 3 is 3.00 bits per heavy atom. The molecule has 2 heterocycles. The number of halogens is 1. The zero-order valence-electron chi connectivity index (χ0n) is 8.61. The van der Waals surface area contributed by atoms with Crippen molar-refractivity contribution in [1.82, 2.24) is 4.98 Å². The highest BCUT2D eigenvalue weighted by Gasteiger charge is 2.24. The number of methoxy groups -OCH3 is 1. The second-order valence-corrected chi connectivity index (χ2v) is 4.51. The lowest BCUT2D eigenvalue weighted by atomic mass is 10.3. The highest BCUT2D eigenvalue weighted by atomic mass is 79.9. The molecule has 0 saturated carbocycles. The monoisotopic (exact) mass is 271 g/mol. The average Bonchev–Trinajstić information content (AvgIpc) is 2.66. The van der Waals surface area contributed by atoms with Gasteiger partial charge in [0, 0.05) is 26.4 Å². The van der Waals surface area contributed by atoms with E-state index in [-0.39, 0.29) is 0 Å². The Bertz CT molecular complexity index is 338. The molecule has 1 saturated heterocycles. The van der Waals surface area contributed by atoms with E-state index in [2.05, 4.69) is 25.8 Å². The maximum atomic E-state index is 5.91. The Morgan fingerprint density at radius 2 is 2.40 bits per heavy atom. The van der Waals surface area contributed by atoms with E-state index in [4.69, 9.17) is 10.5 Å². The molecule has 0 bridgehead atoms. The molecule has 1 aromatic heterocycles. The lowest BCUT2D eigenvalue weighted by Gasteiger charge is -2.21. The number of nitrogen functional groups attached to an aromatic ring is 1. The summed E-state index contributed by atoms with van der Waals surface area (Å²) in [6.45, 7) is 1.87. The van der Waals surface area contributed by atoms with Crippen LogP contribution in [0.4, 0.5) is 11.4 Å². The highest BCUT2D eigenvalue weighted by Crippen LogP contribution is 2.33. The van der Waals surface area contributed by atoms with Crippen LogP contribution in [-0.2, 0) is 4.74 Å². The predicted octanol–water partition coefficient (Wildman–Crippen LogP) is 1.65. The summed E-state index contributed by atoms with van der Waals surface area (Å²) in [5.41, 5.74) is 7.65. The fourth-order valence-corrected chi connectivity index (χ4v) is 2.50. The minimum atomic E-state index is 0.310. The smallest absolute Gasteiger partial charge is 0.0776 e. The lowest BCUT2D eigenvalue weighted by molar-refractivity contribution is 0.121. The molecular formula is C10H14BrN3O. The Balaban J connectivity index is 2.23. The molecular weight excluding hydrogens is 258 g/mol. The molecule has 2 N–H and O–H groups in total. The molecule has 1 aromatic rings. The van der Waals surface area contributed by atoms with Crippen LogP contribution < -0.4 is 10.6 Å². The second kappa shape index (κ2) is 4.37. The largest absolute Gasteiger partial charge is 0.396 e. The first kappa shape index (κ1) is 10.7. The van der Waals surface area contributed by atoms with E-state index in [1.807, 2.05) is 0 Å². The van der Waals surface area contributed by atoms with Gasteiger partial charge < -0.3 is 15.4 Å². The SMILES string of the molecule is COC1CCN(c2c(N)cncc2Br)C1. The molecule has 82 valence electrons. The summed E-state index contributed by atoms with van der Waals surface area (Å²) >= 11 is 3.47. The highest BCUT2D eigenvalue weighted by molar-refractivity contribution is 9.10. The summed E-state index contributed by atoms with van der Waals surface area (Å²) < 4.78 is 6.27. The number of pyridine rings is 1. The van der Waals surface area contributed by atoms with Crippen LogP contribution in [0.15, 0.2) is 16.9 Å². The van der Waals surface area contributed by atoms with Crippen LogP contribution in [0.1, 0.15) is 6.42 Å². The van der Waals surface area contributed by atoms with Crippen molar-refractivity contribution < 1.29 is 4.74 Å². The standard InChI is InChI=1S/C10H14BrN3O/c1-15-7-2-3-14(6-7)10-8(11)4-13-5-9(10)12/h4-5,7H,2-3,6,12H2,1H3. The van der Waals surface area contributed by atoms with Crippen LogP contribution >= 0.6 is 15.9 Å². The van der Waals surface area contributed by atoms with E-state index in [1.165, 1.54) is 0 Å². The zero-order valence-corrected chi connectivity index (χ0v) is 10.2. The van der Waals surface area contributed by atoms with Crippen molar-refractivity contribution in [3.8, 4) is 0 Å². The number of nitrogens with two attached hydrogens (primary N) is 1. The van der Waals surface area contributed by atoms with Gasteiger partial charge in [-0.1, -0.05) is 0 Å². The maximum Gasteiger partial charge on any atom is 0.0776 e. The molecule has 1 fully saturated rings. The molecule has 4 nitrogen and oxygen atoms in total.